The molecule has 84 valence electrons. The van der Waals surface area contributed by atoms with Gasteiger partial charge in [-0.15, -0.1) is 0 Å². The lowest BCUT2D eigenvalue weighted by Gasteiger charge is -2.08. The van der Waals surface area contributed by atoms with Crippen molar-refractivity contribution in [1.82, 2.24) is 0 Å². The summed E-state index contributed by atoms with van der Waals surface area (Å²) in [5, 5.41) is 28.6. The van der Waals surface area contributed by atoms with Crippen LogP contribution >= 0.6 is 0 Å². The number of methoxy groups -OCH3 is 1. The van der Waals surface area contributed by atoms with Crippen molar-refractivity contribution in [2.24, 2.45) is 0 Å². The van der Waals surface area contributed by atoms with Crippen molar-refractivity contribution in [3.8, 4) is 11.8 Å². The van der Waals surface area contributed by atoms with Gasteiger partial charge in [-0.25, -0.2) is 0 Å². The van der Waals surface area contributed by atoms with E-state index in [2.05, 4.69) is 0 Å². The summed E-state index contributed by atoms with van der Waals surface area (Å²) in [6.07, 6.45) is -1.13. The van der Waals surface area contributed by atoms with Crippen molar-refractivity contribution in [1.29, 1.82) is 5.26 Å². The summed E-state index contributed by atoms with van der Waals surface area (Å²) in [6.45, 7) is 0. The van der Waals surface area contributed by atoms with Crippen LogP contribution in [0.2, 0.25) is 0 Å². The molecule has 1 atom stereocenters. The molecule has 0 bridgehead atoms. The minimum atomic E-state index is -1.02. The van der Waals surface area contributed by atoms with E-state index < -0.39 is 11.0 Å². The molecule has 0 spiro atoms. The molecule has 1 N–H and O–H groups in total. The lowest BCUT2D eigenvalue weighted by molar-refractivity contribution is -0.385. The molecule has 0 radical (unpaired) electrons. The fourth-order valence-corrected chi connectivity index (χ4v) is 1.26. The Kier molecular flexibility index (Phi) is 3.80. The number of nitriles is 1. The van der Waals surface area contributed by atoms with E-state index in [0.717, 1.165) is 0 Å². The zero-order chi connectivity index (χ0) is 12.1. The van der Waals surface area contributed by atoms with Gasteiger partial charge in [0.1, 0.15) is 0 Å². The summed E-state index contributed by atoms with van der Waals surface area (Å²) in [4.78, 5) is 10.1. The molecule has 1 rings (SSSR count). The molecule has 0 aliphatic heterocycles. The van der Waals surface area contributed by atoms with Crippen molar-refractivity contribution in [2.75, 3.05) is 7.11 Å². The number of ether oxygens (including phenoxy) is 1. The molecule has 1 unspecified atom stereocenters. The van der Waals surface area contributed by atoms with Crippen molar-refractivity contribution in [3.05, 3.63) is 33.9 Å². The van der Waals surface area contributed by atoms with Gasteiger partial charge in [-0.1, -0.05) is 6.07 Å². The Morgan fingerprint density at radius 3 is 2.88 bits per heavy atom. The van der Waals surface area contributed by atoms with Crippen LogP contribution in [0.4, 0.5) is 5.69 Å². The lowest BCUT2D eigenvalue weighted by atomic mass is 10.1. The monoisotopic (exact) mass is 222 g/mol. The Morgan fingerprint density at radius 2 is 2.38 bits per heavy atom. The average Bonchev–Trinajstić information content (AvgIpc) is 2.28. The second kappa shape index (κ2) is 5.09. The molecule has 16 heavy (non-hydrogen) atoms. The van der Waals surface area contributed by atoms with Gasteiger partial charge in [0.25, 0.3) is 0 Å². The molecule has 0 heterocycles. The molecule has 0 amide bonds. The third kappa shape index (κ3) is 2.46. The summed E-state index contributed by atoms with van der Waals surface area (Å²) in [5.74, 6) is 0.123. The second-order valence-electron chi connectivity index (χ2n) is 3.07. The zero-order valence-electron chi connectivity index (χ0n) is 8.58. The third-order valence-electron chi connectivity index (χ3n) is 2.07. The summed E-state index contributed by atoms with van der Waals surface area (Å²) < 4.78 is 4.81. The average molecular weight is 222 g/mol. The molecule has 0 saturated heterocycles. The molecular formula is C10H10N2O4. The summed E-state index contributed by atoms with van der Waals surface area (Å²) in [6, 6.07) is 5.89. The van der Waals surface area contributed by atoms with Crippen LogP contribution in [0.1, 0.15) is 18.1 Å². The molecule has 1 aromatic carbocycles. The molecule has 6 heteroatoms. The fourth-order valence-electron chi connectivity index (χ4n) is 1.26. The molecular weight excluding hydrogens is 212 g/mol. The van der Waals surface area contributed by atoms with Crippen LogP contribution in [0.25, 0.3) is 0 Å². The molecule has 0 aliphatic rings. The number of hydrogen-bond donors (Lipinski definition) is 1. The van der Waals surface area contributed by atoms with E-state index in [0.29, 0.717) is 5.56 Å². The van der Waals surface area contributed by atoms with Crippen LogP contribution in [-0.4, -0.2) is 17.1 Å². The van der Waals surface area contributed by atoms with Gasteiger partial charge in [0.2, 0.25) is 0 Å². The molecule has 0 fully saturated rings. The predicted octanol–water partition coefficient (Wildman–Crippen LogP) is 1.55. The maximum Gasteiger partial charge on any atom is 0.311 e. The van der Waals surface area contributed by atoms with Gasteiger partial charge in [0.05, 0.1) is 30.6 Å². The van der Waals surface area contributed by atoms with E-state index in [1.807, 2.05) is 0 Å². The van der Waals surface area contributed by atoms with E-state index in [9.17, 15) is 15.2 Å². The first kappa shape index (κ1) is 11.9. The van der Waals surface area contributed by atoms with E-state index in [4.69, 9.17) is 10.00 Å². The van der Waals surface area contributed by atoms with Gasteiger partial charge in [0.15, 0.2) is 5.75 Å². The Hall–Kier alpha value is -2.13. The highest BCUT2D eigenvalue weighted by Crippen LogP contribution is 2.30. The Morgan fingerprint density at radius 1 is 1.69 bits per heavy atom. The number of aliphatic hydroxyl groups is 1. The van der Waals surface area contributed by atoms with Gasteiger partial charge in [-0.3, -0.25) is 10.1 Å². The number of aliphatic hydroxyl groups excluding tert-OH is 1. The van der Waals surface area contributed by atoms with Crippen molar-refractivity contribution >= 4 is 5.69 Å². The highest BCUT2D eigenvalue weighted by Gasteiger charge is 2.18. The van der Waals surface area contributed by atoms with Gasteiger partial charge in [-0.2, -0.15) is 5.26 Å². The Balaban J connectivity index is 3.12. The summed E-state index contributed by atoms with van der Waals surface area (Å²) >= 11 is 0. The number of nitrogens with zero attached hydrogens (tertiary/aromatic N) is 2. The zero-order valence-corrected chi connectivity index (χ0v) is 8.58. The Labute approximate surface area is 91.8 Å². The number of nitro groups is 1. The third-order valence-corrected chi connectivity index (χ3v) is 2.07. The number of hydrogen-bond acceptors (Lipinski definition) is 5. The van der Waals surface area contributed by atoms with Crippen LogP contribution in [0, 0.1) is 21.4 Å². The van der Waals surface area contributed by atoms with Crippen LogP contribution in [0.3, 0.4) is 0 Å². The molecule has 6 nitrogen and oxygen atoms in total. The SMILES string of the molecule is COc1ccc(C(O)CC#N)cc1[N+](=O)[O-]. The summed E-state index contributed by atoms with van der Waals surface area (Å²) in [7, 11) is 1.33. The van der Waals surface area contributed by atoms with Crippen LogP contribution < -0.4 is 4.74 Å². The van der Waals surface area contributed by atoms with E-state index >= 15 is 0 Å². The van der Waals surface area contributed by atoms with E-state index in [1.54, 1.807) is 6.07 Å². The maximum atomic E-state index is 10.7. The number of nitro benzene ring substituents is 1. The van der Waals surface area contributed by atoms with E-state index in [-0.39, 0.29) is 17.9 Å². The highest BCUT2D eigenvalue weighted by molar-refractivity contribution is 5.49. The van der Waals surface area contributed by atoms with Crippen LogP contribution in [0.15, 0.2) is 18.2 Å². The number of rotatable bonds is 4. The van der Waals surface area contributed by atoms with Crippen LogP contribution in [0.5, 0.6) is 5.75 Å². The van der Waals surface area contributed by atoms with Crippen molar-refractivity contribution in [3.63, 3.8) is 0 Å². The normalized spacial score (nSPS) is 11.6. The van der Waals surface area contributed by atoms with Crippen molar-refractivity contribution in [2.45, 2.75) is 12.5 Å². The topological polar surface area (TPSA) is 96.4 Å². The molecule has 1 aromatic rings. The smallest absolute Gasteiger partial charge is 0.311 e. The first-order valence-corrected chi connectivity index (χ1v) is 4.47. The van der Waals surface area contributed by atoms with Gasteiger partial charge in [0, 0.05) is 6.07 Å². The minimum absolute atomic E-state index is 0.108. The molecule has 0 aliphatic carbocycles. The lowest BCUT2D eigenvalue weighted by Crippen LogP contribution is -1.99. The van der Waals surface area contributed by atoms with Gasteiger partial charge < -0.3 is 9.84 Å². The Bertz CT molecular complexity index is 439. The summed E-state index contributed by atoms with van der Waals surface area (Å²) in [5.41, 5.74) is 0.103. The fraction of sp³-hybridized carbons (Fsp3) is 0.300. The predicted molar refractivity (Wildman–Crippen MR) is 54.8 cm³/mol. The largest absolute Gasteiger partial charge is 0.490 e. The molecule has 0 aromatic heterocycles. The second-order valence-corrected chi connectivity index (χ2v) is 3.07. The molecule has 0 saturated carbocycles. The first-order chi connectivity index (χ1) is 7.60. The van der Waals surface area contributed by atoms with E-state index in [1.165, 1.54) is 25.3 Å². The van der Waals surface area contributed by atoms with Gasteiger partial charge >= 0.3 is 5.69 Å². The van der Waals surface area contributed by atoms with Gasteiger partial charge in [-0.05, 0) is 11.6 Å². The highest BCUT2D eigenvalue weighted by atomic mass is 16.6. The van der Waals surface area contributed by atoms with Crippen LogP contribution in [-0.2, 0) is 0 Å². The van der Waals surface area contributed by atoms with Crippen molar-refractivity contribution < 1.29 is 14.8 Å². The number of benzene rings is 1. The maximum absolute atomic E-state index is 10.7. The first-order valence-electron chi connectivity index (χ1n) is 4.47. The quantitative estimate of drug-likeness (QED) is 0.615. The standard InChI is InChI=1S/C10H10N2O4/c1-16-10-3-2-7(9(13)4-5-11)6-8(10)12(14)15/h2-3,6,9,13H,4H2,1H3. The minimum Gasteiger partial charge on any atom is -0.490 e.